The minimum Gasteiger partial charge on any atom is -0.411 e. The number of alkyl halides is 2. The Morgan fingerprint density at radius 3 is 1.89 bits per heavy atom. The lowest BCUT2D eigenvalue weighted by molar-refractivity contribution is 0.207. The molecule has 0 aromatic heterocycles. The highest BCUT2D eigenvalue weighted by Crippen LogP contribution is 2.05. The zero-order valence-corrected chi connectivity index (χ0v) is 5.31. The largest absolute Gasteiger partial charge is 0.411 e. The highest BCUT2D eigenvalue weighted by atomic mass is 19.3. The van der Waals surface area contributed by atoms with Crippen LogP contribution in [0.25, 0.3) is 0 Å². The Labute approximate surface area is 52.2 Å². The predicted molar refractivity (Wildman–Crippen MR) is 30.1 cm³/mol. The summed E-state index contributed by atoms with van der Waals surface area (Å²) in [5, 5.41) is 10.4. The van der Waals surface area contributed by atoms with Crippen LogP contribution < -0.4 is 0 Å². The quantitative estimate of drug-likeness (QED) is 0.351. The molecule has 0 radical (unpaired) electrons. The summed E-state index contributed by atoms with van der Waals surface area (Å²) in [5.74, 6) is -0.394. The van der Waals surface area contributed by atoms with Crippen LogP contribution in [0.3, 0.4) is 0 Å². The van der Waals surface area contributed by atoms with E-state index in [1.807, 2.05) is 0 Å². The van der Waals surface area contributed by atoms with Crippen molar-refractivity contribution in [3.8, 4) is 0 Å². The fourth-order valence-electron chi connectivity index (χ4n) is 0.411. The summed E-state index contributed by atoms with van der Waals surface area (Å²) in [5.41, 5.74) is -0.463. The van der Waals surface area contributed by atoms with E-state index in [4.69, 9.17) is 5.21 Å². The molecule has 0 rings (SSSR count). The zero-order chi connectivity index (χ0) is 7.44. The molecule has 0 unspecified atom stereocenters. The van der Waals surface area contributed by atoms with Crippen molar-refractivity contribution in [1.29, 1.82) is 0 Å². The van der Waals surface area contributed by atoms with Crippen molar-refractivity contribution in [1.82, 2.24) is 0 Å². The highest BCUT2D eigenvalue weighted by molar-refractivity contribution is 5.88. The third-order valence-corrected chi connectivity index (χ3v) is 0.931. The van der Waals surface area contributed by atoms with Gasteiger partial charge < -0.3 is 5.21 Å². The van der Waals surface area contributed by atoms with Crippen molar-refractivity contribution in [2.75, 3.05) is 0 Å². The average molecular weight is 137 g/mol. The fraction of sp³-hybridized carbons (Fsp3) is 0.800. The van der Waals surface area contributed by atoms with E-state index in [1.54, 1.807) is 13.8 Å². The SMILES string of the molecule is CC(C)/C(=N\O)C(F)F. The lowest BCUT2D eigenvalue weighted by Crippen LogP contribution is -2.16. The van der Waals surface area contributed by atoms with Crippen LogP contribution in [-0.4, -0.2) is 17.3 Å². The monoisotopic (exact) mass is 137 g/mol. The van der Waals surface area contributed by atoms with Gasteiger partial charge in [-0.2, -0.15) is 0 Å². The van der Waals surface area contributed by atoms with Crippen LogP contribution in [-0.2, 0) is 0 Å². The van der Waals surface area contributed by atoms with Crippen LogP contribution in [0.15, 0.2) is 5.16 Å². The van der Waals surface area contributed by atoms with Gasteiger partial charge in [0.15, 0.2) is 0 Å². The van der Waals surface area contributed by atoms with E-state index >= 15 is 0 Å². The average Bonchev–Trinajstić information content (AvgIpc) is 1.64. The molecule has 0 bridgehead atoms. The van der Waals surface area contributed by atoms with Crippen LogP contribution in [0.5, 0.6) is 0 Å². The number of rotatable bonds is 2. The molecule has 0 saturated heterocycles. The van der Waals surface area contributed by atoms with E-state index in [0.717, 1.165) is 0 Å². The van der Waals surface area contributed by atoms with Crippen molar-refractivity contribution in [2.24, 2.45) is 11.1 Å². The first kappa shape index (κ1) is 8.33. The fourth-order valence-corrected chi connectivity index (χ4v) is 0.411. The summed E-state index contributed by atoms with van der Waals surface area (Å²) < 4.78 is 23.3. The standard InChI is InChI=1S/C5H9F2NO/c1-3(2)4(8-9)5(6)7/h3,5,9H,1-2H3/b8-4+. The first-order chi connectivity index (χ1) is 4.09. The topological polar surface area (TPSA) is 32.6 Å². The third-order valence-electron chi connectivity index (χ3n) is 0.931. The molecule has 0 saturated carbocycles. The van der Waals surface area contributed by atoms with E-state index in [9.17, 15) is 8.78 Å². The van der Waals surface area contributed by atoms with Gasteiger partial charge in [0, 0.05) is 5.92 Å². The lowest BCUT2D eigenvalue weighted by atomic mass is 10.1. The van der Waals surface area contributed by atoms with Gasteiger partial charge in [-0.1, -0.05) is 19.0 Å². The van der Waals surface area contributed by atoms with Gasteiger partial charge in [-0.25, -0.2) is 8.78 Å². The van der Waals surface area contributed by atoms with Gasteiger partial charge in [-0.15, -0.1) is 0 Å². The van der Waals surface area contributed by atoms with Crippen LogP contribution in [0.2, 0.25) is 0 Å². The Morgan fingerprint density at radius 1 is 1.44 bits per heavy atom. The molecule has 0 aromatic rings. The maximum Gasteiger partial charge on any atom is 0.280 e. The first-order valence-electron chi connectivity index (χ1n) is 2.59. The summed E-state index contributed by atoms with van der Waals surface area (Å²) in [6.07, 6.45) is -2.64. The van der Waals surface area contributed by atoms with E-state index in [1.165, 1.54) is 0 Å². The van der Waals surface area contributed by atoms with Crippen molar-refractivity contribution < 1.29 is 14.0 Å². The van der Waals surface area contributed by atoms with Gasteiger partial charge in [0.25, 0.3) is 6.43 Å². The molecule has 54 valence electrons. The van der Waals surface area contributed by atoms with Crippen LogP contribution >= 0.6 is 0 Å². The van der Waals surface area contributed by atoms with E-state index in [-0.39, 0.29) is 0 Å². The summed E-state index contributed by atoms with van der Waals surface area (Å²) in [4.78, 5) is 0. The first-order valence-corrected chi connectivity index (χ1v) is 2.59. The molecular weight excluding hydrogens is 128 g/mol. The van der Waals surface area contributed by atoms with Crippen LogP contribution in [0, 0.1) is 5.92 Å². The molecule has 1 N–H and O–H groups in total. The summed E-state index contributed by atoms with van der Waals surface area (Å²) in [6.45, 7) is 3.09. The smallest absolute Gasteiger partial charge is 0.280 e. The lowest BCUT2D eigenvalue weighted by Gasteiger charge is -2.04. The predicted octanol–water partition coefficient (Wildman–Crippen LogP) is 1.74. The Morgan fingerprint density at radius 2 is 1.89 bits per heavy atom. The van der Waals surface area contributed by atoms with Gasteiger partial charge in [0.1, 0.15) is 5.71 Å². The highest BCUT2D eigenvalue weighted by Gasteiger charge is 2.16. The molecule has 2 nitrogen and oxygen atoms in total. The number of nitrogens with zero attached hydrogens (tertiary/aromatic N) is 1. The molecule has 0 aliphatic heterocycles. The molecule has 4 heteroatoms. The van der Waals surface area contributed by atoms with Crippen molar-refractivity contribution >= 4 is 5.71 Å². The van der Waals surface area contributed by atoms with Crippen LogP contribution in [0.4, 0.5) is 8.78 Å². The minimum atomic E-state index is -2.64. The number of oxime groups is 1. The molecule has 0 aliphatic carbocycles. The molecule has 0 fully saturated rings. The Balaban J connectivity index is 4.01. The van der Waals surface area contributed by atoms with Crippen molar-refractivity contribution in [2.45, 2.75) is 20.3 Å². The molecule has 0 heterocycles. The number of halogens is 2. The van der Waals surface area contributed by atoms with E-state index in [2.05, 4.69) is 5.16 Å². The van der Waals surface area contributed by atoms with Gasteiger partial charge in [0.2, 0.25) is 0 Å². The number of hydrogen-bond acceptors (Lipinski definition) is 2. The van der Waals surface area contributed by atoms with Gasteiger partial charge in [-0.3, -0.25) is 0 Å². The maximum absolute atomic E-state index is 11.7. The Kier molecular flexibility index (Phi) is 3.12. The van der Waals surface area contributed by atoms with Crippen molar-refractivity contribution in [3.63, 3.8) is 0 Å². The minimum absolute atomic E-state index is 0.394. The van der Waals surface area contributed by atoms with Gasteiger partial charge >= 0.3 is 0 Å². The molecule has 0 amide bonds. The van der Waals surface area contributed by atoms with Crippen molar-refractivity contribution in [3.05, 3.63) is 0 Å². The van der Waals surface area contributed by atoms with Gasteiger partial charge in [0.05, 0.1) is 0 Å². The second-order valence-electron chi connectivity index (χ2n) is 1.98. The molecule has 9 heavy (non-hydrogen) atoms. The molecule has 0 aliphatic rings. The van der Waals surface area contributed by atoms with Crippen LogP contribution in [0.1, 0.15) is 13.8 Å². The maximum atomic E-state index is 11.7. The third kappa shape index (κ3) is 2.39. The Hall–Kier alpha value is -0.670. The molecule has 0 aromatic carbocycles. The summed E-state index contributed by atoms with van der Waals surface area (Å²) in [7, 11) is 0. The Bertz CT molecular complexity index is 102. The summed E-state index contributed by atoms with van der Waals surface area (Å²) >= 11 is 0. The van der Waals surface area contributed by atoms with E-state index in [0.29, 0.717) is 0 Å². The van der Waals surface area contributed by atoms with Gasteiger partial charge in [-0.05, 0) is 0 Å². The molecular formula is C5H9F2NO. The zero-order valence-electron chi connectivity index (χ0n) is 5.31. The second-order valence-corrected chi connectivity index (χ2v) is 1.98. The summed E-state index contributed by atoms with van der Waals surface area (Å²) in [6, 6.07) is 0. The second kappa shape index (κ2) is 3.37. The molecule has 0 atom stereocenters. The van der Waals surface area contributed by atoms with E-state index < -0.39 is 18.1 Å². The normalized spacial score (nSPS) is 13.3. The number of hydrogen-bond donors (Lipinski definition) is 1. The molecule has 0 spiro atoms.